The third-order valence-corrected chi connectivity index (χ3v) is 2.58. The molecule has 4 heteroatoms. The van der Waals surface area contributed by atoms with Crippen LogP contribution in [0.5, 0.6) is 0 Å². The molecule has 1 rings (SSSR count). The van der Waals surface area contributed by atoms with E-state index in [4.69, 9.17) is 5.26 Å². The average Bonchev–Trinajstić information content (AvgIpc) is 2.38. The zero-order valence-corrected chi connectivity index (χ0v) is 10.2. The summed E-state index contributed by atoms with van der Waals surface area (Å²) >= 11 is 0. The fourth-order valence-electron chi connectivity index (χ4n) is 1.58. The van der Waals surface area contributed by atoms with E-state index >= 15 is 0 Å². The summed E-state index contributed by atoms with van der Waals surface area (Å²) in [5.74, 6) is 0.0305. The van der Waals surface area contributed by atoms with Gasteiger partial charge in [-0.3, -0.25) is 4.79 Å². The van der Waals surface area contributed by atoms with Gasteiger partial charge in [-0.15, -0.1) is 0 Å². The summed E-state index contributed by atoms with van der Waals surface area (Å²) < 4.78 is 0. The zero-order chi connectivity index (χ0) is 12.7. The van der Waals surface area contributed by atoms with Crippen LogP contribution in [0.2, 0.25) is 0 Å². The second kappa shape index (κ2) is 6.66. The number of carbonyl (C=O) groups is 1. The number of nitrogens with one attached hydrogen (secondary N) is 1. The number of benzene rings is 1. The summed E-state index contributed by atoms with van der Waals surface area (Å²) in [5, 5.41) is 12.0. The smallest absolute Gasteiger partial charge is 0.226 e. The minimum atomic E-state index is 0.0305. The summed E-state index contributed by atoms with van der Waals surface area (Å²) in [6.45, 7) is 0.819. The second-order valence-corrected chi connectivity index (χ2v) is 3.79. The number of anilines is 1. The Hall–Kier alpha value is -1.86. The Morgan fingerprint density at radius 1 is 1.47 bits per heavy atom. The van der Waals surface area contributed by atoms with Crippen molar-refractivity contribution in [3.05, 3.63) is 29.8 Å². The maximum atomic E-state index is 11.9. The van der Waals surface area contributed by atoms with Crippen molar-refractivity contribution in [1.82, 2.24) is 5.32 Å². The number of hydrogen-bond donors (Lipinski definition) is 1. The quantitative estimate of drug-likeness (QED) is 0.782. The SMILES string of the molecule is CNCCCC(=O)N(C)c1ccccc1C#N. The molecule has 0 saturated carbocycles. The van der Waals surface area contributed by atoms with Crippen LogP contribution in [0.3, 0.4) is 0 Å². The molecule has 0 fully saturated rings. The fourth-order valence-corrected chi connectivity index (χ4v) is 1.58. The number of nitriles is 1. The lowest BCUT2D eigenvalue weighted by molar-refractivity contribution is -0.118. The van der Waals surface area contributed by atoms with Crippen molar-refractivity contribution in [3.8, 4) is 6.07 Å². The van der Waals surface area contributed by atoms with Gasteiger partial charge in [0.2, 0.25) is 5.91 Å². The van der Waals surface area contributed by atoms with Gasteiger partial charge in [0.15, 0.2) is 0 Å². The van der Waals surface area contributed by atoms with Gasteiger partial charge in [-0.1, -0.05) is 12.1 Å². The molecule has 0 aliphatic rings. The molecule has 1 N–H and O–H groups in total. The van der Waals surface area contributed by atoms with Crippen molar-refractivity contribution < 1.29 is 4.79 Å². The maximum Gasteiger partial charge on any atom is 0.226 e. The first-order valence-corrected chi connectivity index (χ1v) is 5.61. The third-order valence-electron chi connectivity index (χ3n) is 2.58. The Morgan fingerprint density at radius 3 is 2.82 bits per heavy atom. The molecule has 4 nitrogen and oxygen atoms in total. The zero-order valence-electron chi connectivity index (χ0n) is 10.2. The first-order chi connectivity index (χ1) is 8.20. The van der Waals surface area contributed by atoms with Crippen molar-refractivity contribution in [3.63, 3.8) is 0 Å². The summed E-state index contributed by atoms with van der Waals surface area (Å²) in [6, 6.07) is 9.21. The molecule has 0 spiro atoms. The number of nitrogens with zero attached hydrogens (tertiary/aromatic N) is 2. The first-order valence-electron chi connectivity index (χ1n) is 5.61. The highest BCUT2D eigenvalue weighted by Crippen LogP contribution is 2.18. The van der Waals surface area contributed by atoms with Gasteiger partial charge in [-0.05, 0) is 32.1 Å². The predicted molar refractivity (Wildman–Crippen MR) is 67.7 cm³/mol. The van der Waals surface area contributed by atoms with Crippen LogP contribution in [0.25, 0.3) is 0 Å². The Balaban J connectivity index is 2.72. The molecule has 0 aromatic heterocycles. The summed E-state index contributed by atoms with van der Waals surface area (Å²) in [4.78, 5) is 13.4. The number of rotatable bonds is 5. The molecule has 0 unspecified atom stereocenters. The van der Waals surface area contributed by atoms with Gasteiger partial charge in [0.1, 0.15) is 6.07 Å². The number of amides is 1. The van der Waals surface area contributed by atoms with E-state index in [9.17, 15) is 4.79 Å². The van der Waals surface area contributed by atoms with E-state index in [-0.39, 0.29) is 5.91 Å². The number of para-hydroxylation sites is 1. The molecule has 90 valence electrons. The molecule has 1 amide bonds. The van der Waals surface area contributed by atoms with Crippen molar-refractivity contribution >= 4 is 11.6 Å². The van der Waals surface area contributed by atoms with E-state index in [1.807, 2.05) is 13.1 Å². The van der Waals surface area contributed by atoms with Crippen LogP contribution in [0.1, 0.15) is 18.4 Å². The van der Waals surface area contributed by atoms with Crippen LogP contribution < -0.4 is 10.2 Å². The van der Waals surface area contributed by atoms with Gasteiger partial charge in [0, 0.05) is 13.5 Å². The molecule has 0 saturated heterocycles. The van der Waals surface area contributed by atoms with Gasteiger partial charge in [0.25, 0.3) is 0 Å². The average molecular weight is 231 g/mol. The summed E-state index contributed by atoms with van der Waals surface area (Å²) in [6.07, 6.45) is 1.28. The first kappa shape index (κ1) is 13.2. The van der Waals surface area contributed by atoms with Crippen LogP contribution in [0.15, 0.2) is 24.3 Å². The molecular weight excluding hydrogens is 214 g/mol. The van der Waals surface area contributed by atoms with Gasteiger partial charge >= 0.3 is 0 Å². The largest absolute Gasteiger partial charge is 0.320 e. The molecule has 17 heavy (non-hydrogen) atoms. The molecule has 0 radical (unpaired) electrons. The molecule has 0 aliphatic heterocycles. The van der Waals surface area contributed by atoms with E-state index in [1.54, 1.807) is 30.1 Å². The number of carbonyl (C=O) groups excluding carboxylic acids is 1. The van der Waals surface area contributed by atoms with Gasteiger partial charge in [-0.25, -0.2) is 0 Å². The third kappa shape index (κ3) is 3.58. The highest BCUT2D eigenvalue weighted by atomic mass is 16.2. The topological polar surface area (TPSA) is 56.1 Å². The van der Waals surface area contributed by atoms with Crippen LogP contribution in [-0.2, 0) is 4.79 Å². The monoisotopic (exact) mass is 231 g/mol. The van der Waals surface area contributed by atoms with Crippen molar-refractivity contribution in [2.45, 2.75) is 12.8 Å². The van der Waals surface area contributed by atoms with E-state index in [0.717, 1.165) is 13.0 Å². The molecule has 0 bridgehead atoms. The van der Waals surface area contributed by atoms with Crippen molar-refractivity contribution in [2.24, 2.45) is 0 Å². The minimum Gasteiger partial charge on any atom is -0.320 e. The van der Waals surface area contributed by atoms with Crippen LogP contribution in [-0.4, -0.2) is 26.5 Å². The molecule has 0 atom stereocenters. The predicted octanol–water partition coefficient (Wildman–Crippen LogP) is 1.52. The molecule has 1 aromatic carbocycles. The molecule has 0 heterocycles. The van der Waals surface area contributed by atoms with Crippen molar-refractivity contribution in [1.29, 1.82) is 5.26 Å². The lowest BCUT2D eigenvalue weighted by atomic mass is 10.1. The summed E-state index contributed by atoms with van der Waals surface area (Å²) in [5.41, 5.74) is 1.20. The minimum absolute atomic E-state index is 0.0305. The maximum absolute atomic E-state index is 11.9. The van der Waals surface area contributed by atoms with E-state index in [2.05, 4.69) is 11.4 Å². The van der Waals surface area contributed by atoms with Crippen LogP contribution in [0.4, 0.5) is 5.69 Å². The lowest BCUT2D eigenvalue weighted by Gasteiger charge is -2.18. The van der Waals surface area contributed by atoms with Gasteiger partial charge in [0.05, 0.1) is 11.3 Å². The van der Waals surface area contributed by atoms with Crippen LogP contribution >= 0.6 is 0 Å². The van der Waals surface area contributed by atoms with E-state index in [0.29, 0.717) is 17.7 Å². The highest BCUT2D eigenvalue weighted by Gasteiger charge is 2.13. The Bertz CT molecular complexity index is 423. The molecule has 0 aliphatic carbocycles. The normalized spacial score (nSPS) is 9.71. The number of hydrogen-bond acceptors (Lipinski definition) is 3. The van der Waals surface area contributed by atoms with Crippen LogP contribution in [0, 0.1) is 11.3 Å². The van der Waals surface area contributed by atoms with Gasteiger partial charge < -0.3 is 10.2 Å². The lowest BCUT2D eigenvalue weighted by Crippen LogP contribution is -2.27. The molecule has 1 aromatic rings. The Labute approximate surface area is 102 Å². The Kier molecular flexibility index (Phi) is 5.18. The van der Waals surface area contributed by atoms with E-state index in [1.165, 1.54) is 0 Å². The molecular formula is C13H17N3O. The highest BCUT2D eigenvalue weighted by molar-refractivity contribution is 5.94. The Morgan fingerprint density at radius 2 is 2.18 bits per heavy atom. The second-order valence-electron chi connectivity index (χ2n) is 3.79. The van der Waals surface area contributed by atoms with Gasteiger partial charge in [-0.2, -0.15) is 5.26 Å². The fraction of sp³-hybridized carbons (Fsp3) is 0.385. The standard InChI is InChI=1S/C13H17N3O/c1-15-9-5-8-13(17)16(2)12-7-4-3-6-11(12)10-14/h3-4,6-7,15H,5,8-9H2,1-2H3. The van der Waals surface area contributed by atoms with Crippen molar-refractivity contribution in [2.75, 3.05) is 25.5 Å². The van der Waals surface area contributed by atoms with E-state index < -0.39 is 0 Å². The summed E-state index contributed by atoms with van der Waals surface area (Å²) in [7, 11) is 3.57.